The number of hydrogen-bond acceptors (Lipinski definition) is 5. The van der Waals surface area contributed by atoms with Crippen molar-refractivity contribution in [2.75, 3.05) is 6.54 Å². The number of nitrogens with one attached hydrogen (secondary N) is 2. The van der Waals surface area contributed by atoms with Gasteiger partial charge in [0.05, 0.1) is 12.8 Å². The third kappa shape index (κ3) is 8.08. The molecule has 7 nitrogen and oxygen atoms in total. The highest BCUT2D eigenvalue weighted by Crippen LogP contribution is 2.12. The Morgan fingerprint density at radius 3 is 2.27 bits per heavy atom. The van der Waals surface area contributed by atoms with Crippen LogP contribution in [0, 0.1) is 0 Å². The molecule has 2 N–H and O–H groups in total. The van der Waals surface area contributed by atoms with Gasteiger partial charge in [0.15, 0.2) is 0 Å². The number of carbonyl (C=O) groups excluding carboxylic acids is 3. The summed E-state index contributed by atoms with van der Waals surface area (Å²) in [6.45, 7) is -0.232. The predicted molar refractivity (Wildman–Crippen MR) is 127 cm³/mol. The first kappa shape index (κ1) is 23.4. The lowest BCUT2D eigenvalue weighted by atomic mass is 10.2. The van der Waals surface area contributed by atoms with Crippen LogP contribution in [-0.4, -0.2) is 30.5 Å². The van der Waals surface area contributed by atoms with Gasteiger partial charge in [0.25, 0.3) is 11.8 Å². The lowest BCUT2D eigenvalue weighted by Gasteiger charge is -2.04. The Morgan fingerprint density at radius 1 is 0.879 bits per heavy atom. The minimum Gasteiger partial charge on any atom is -0.423 e. The first-order chi connectivity index (χ1) is 16.0. The van der Waals surface area contributed by atoms with E-state index in [0.29, 0.717) is 21.9 Å². The fraction of sp³-hybridized carbons (Fsp3) is 0.0400. The Hall–Kier alpha value is -4.23. The predicted octanol–water partition coefficient (Wildman–Crippen LogP) is 3.84. The molecule has 0 aromatic heterocycles. The summed E-state index contributed by atoms with van der Waals surface area (Å²) in [6.07, 6.45) is 4.45. The normalized spacial score (nSPS) is 10.8. The van der Waals surface area contributed by atoms with Gasteiger partial charge in [-0.2, -0.15) is 5.10 Å². The van der Waals surface area contributed by atoms with Crippen LogP contribution in [0.15, 0.2) is 90.0 Å². The molecule has 33 heavy (non-hydrogen) atoms. The van der Waals surface area contributed by atoms with Crippen LogP contribution in [-0.2, 0) is 9.59 Å². The number of nitrogens with zero attached hydrogens (tertiary/aromatic N) is 1. The van der Waals surface area contributed by atoms with E-state index in [9.17, 15) is 14.4 Å². The molecule has 3 rings (SSSR count). The zero-order chi connectivity index (χ0) is 23.5. The first-order valence-corrected chi connectivity index (χ1v) is 10.3. The number of hydrazone groups is 1. The quantitative estimate of drug-likeness (QED) is 0.175. The Morgan fingerprint density at radius 2 is 1.58 bits per heavy atom. The summed E-state index contributed by atoms with van der Waals surface area (Å²) in [4.78, 5) is 35.7. The Labute approximate surface area is 195 Å². The minimum absolute atomic E-state index is 0.232. The van der Waals surface area contributed by atoms with Crippen LogP contribution in [0.1, 0.15) is 21.5 Å². The van der Waals surface area contributed by atoms with Crippen LogP contribution < -0.4 is 15.5 Å². The molecule has 3 aromatic rings. The molecule has 0 saturated heterocycles. The fourth-order valence-electron chi connectivity index (χ4n) is 2.58. The summed E-state index contributed by atoms with van der Waals surface area (Å²) in [5, 5.41) is 6.85. The molecule has 0 spiro atoms. The van der Waals surface area contributed by atoms with E-state index >= 15 is 0 Å². The van der Waals surface area contributed by atoms with Gasteiger partial charge in [-0.05, 0) is 65.7 Å². The molecule has 0 saturated carbocycles. The second kappa shape index (κ2) is 12.0. The Bertz CT molecular complexity index is 1160. The van der Waals surface area contributed by atoms with Crippen molar-refractivity contribution >= 4 is 41.7 Å². The van der Waals surface area contributed by atoms with E-state index in [1.807, 2.05) is 30.3 Å². The van der Waals surface area contributed by atoms with Crippen molar-refractivity contribution in [1.29, 1.82) is 0 Å². The van der Waals surface area contributed by atoms with Crippen molar-refractivity contribution in [1.82, 2.24) is 10.7 Å². The monoisotopic (exact) mass is 461 g/mol. The summed E-state index contributed by atoms with van der Waals surface area (Å²) in [5.41, 5.74) is 4.30. The topological polar surface area (TPSA) is 96.9 Å². The smallest absolute Gasteiger partial charge is 0.336 e. The standard InChI is InChI=1S/C25H20ClN3O4/c26-21-11-9-20(10-12-21)25(32)27-17-23(30)29-28-16-19-6-13-22(14-7-19)33-24(31)15-8-18-4-2-1-3-5-18/h1-16H,17H2,(H,27,32)(H,29,30)/b15-8+,28-16+. The average molecular weight is 462 g/mol. The van der Waals surface area contributed by atoms with E-state index in [-0.39, 0.29) is 6.54 Å². The molecule has 0 radical (unpaired) electrons. The van der Waals surface area contributed by atoms with Crippen molar-refractivity contribution in [2.24, 2.45) is 5.10 Å². The molecule has 0 aliphatic rings. The van der Waals surface area contributed by atoms with Gasteiger partial charge in [-0.3, -0.25) is 9.59 Å². The van der Waals surface area contributed by atoms with Gasteiger partial charge in [-0.1, -0.05) is 41.9 Å². The summed E-state index contributed by atoms with van der Waals surface area (Å²) in [5.74, 6) is -0.990. The molecule has 0 fully saturated rings. The second-order valence-electron chi connectivity index (χ2n) is 6.72. The lowest BCUT2D eigenvalue weighted by molar-refractivity contribution is -0.129. The van der Waals surface area contributed by atoms with Gasteiger partial charge >= 0.3 is 5.97 Å². The van der Waals surface area contributed by atoms with Gasteiger partial charge < -0.3 is 10.1 Å². The van der Waals surface area contributed by atoms with Gasteiger partial charge in [-0.25, -0.2) is 10.2 Å². The molecular formula is C25H20ClN3O4. The number of ether oxygens (including phenoxy) is 1. The van der Waals surface area contributed by atoms with Crippen LogP contribution in [0.25, 0.3) is 6.08 Å². The number of esters is 1. The largest absolute Gasteiger partial charge is 0.423 e. The number of carbonyl (C=O) groups is 3. The molecule has 0 bridgehead atoms. The number of hydrogen-bond donors (Lipinski definition) is 2. The zero-order valence-electron chi connectivity index (χ0n) is 17.4. The SMILES string of the molecule is O=C(CNC(=O)c1ccc(Cl)cc1)N/N=C/c1ccc(OC(=O)/C=C/c2ccccc2)cc1. The summed E-state index contributed by atoms with van der Waals surface area (Å²) in [7, 11) is 0. The molecule has 8 heteroatoms. The van der Waals surface area contributed by atoms with Crippen LogP contribution in [0.3, 0.4) is 0 Å². The van der Waals surface area contributed by atoms with E-state index in [0.717, 1.165) is 5.56 Å². The average Bonchev–Trinajstić information content (AvgIpc) is 2.83. The van der Waals surface area contributed by atoms with Gasteiger partial charge in [0, 0.05) is 16.7 Å². The fourth-order valence-corrected chi connectivity index (χ4v) is 2.71. The van der Waals surface area contributed by atoms with E-state index in [2.05, 4.69) is 15.8 Å². The molecule has 0 atom stereocenters. The number of halogens is 1. The molecule has 166 valence electrons. The van der Waals surface area contributed by atoms with Gasteiger partial charge in [0.1, 0.15) is 5.75 Å². The molecule has 0 unspecified atom stereocenters. The minimum atomic E-state index is -0.492. The van der Waals surface area contributed by atoms with Crippen molar-refractivity contribution in [3.05, 3.63) is 107 Å². The molecule has 0 aliphatic carbocycles. The Kier molecular flexibility index (Phi) is 8.50. The van der Waals surface area contributed by atoms with Crippen molar-refractivity contribution < 1.29 is 19.1 Å². The highest BCUT2D eigenvalue weighted by atomic mass is 35.5. The van der Waals surface area contributed by atoms with Crippen LogP contribution in [0.2, 0.25) is 5.02 Å². The van der Waals surface area contributed by atoms with Crippen molar-refractivity contribution in [3.63, 3.8) is 0 Å². The Balaban J connectivity index is 1.41. The highest BCUT2D eigenvalue weighted by molar-refractivity contribution is 6.30. The summed E-state index contributed by atoms with van der Waals surface area (Å²) < 4.78 is 5.24. The number of amides is 2. The molecular weight excluding hydrogens is 442 g/mol. The van der Waals surface area contributed by atoms with Crippen LogP contribution in [0.5, 0.6) is 5.75 Å². The van der Waals surface area contributed by atoms with E-state index in [1.54, 1.807) is 54.6 Å². The maximum atomic E-state index is 12.0. The van der Waals surface area contributed by atoms with Crippen LogP contribution in [0.4, 0.5) is 0 Å². The zero-order valence-corrected chi connectivity index (χ0v) is 18.2. The van der Waals surface area contributed by atoms with Crippen molar-refractivity contribution in [3.8, 4) is 5.75 Å². The third-order valence-corrected chi connectivity index (χ3v) is 4.48. The number of rotatable bonds is 8. The summed E-state index contributed by atoms with van der Waals surface area (Å²) >= 11 is 5.78. The van der Waals surface area contributed by atoms with E-state index < -0.39 is 17.8 Å². The third-order valence-electron chi connectivity index (χ3n) is 4.23. The maximum absolute atomic E-state index is 12.0. The first-order valence-electron chi connectivity index (χ1n) is 9.90. The summed E-state index contributed by atoms with van der Waals surface area (Å²) in [6, 6.07) is 22.3. The van der Waals surface area contributed by atoms with Gasteiger partial charge in [0.2, 0.25) is 0 Å². The molecule has 0 heterocycles. The highest BCUT2D eigenvalue weighted by Gasteiger charge is 2.07. The van der Waals surface area contributed by atoms with Crippen molar-refractivity contribution in [2.45, 2.75) is 0 Å². The lowest BCUT2D eigenvalue weighted by Crippen LogP contribution is -2.34. The van der Waals surface area contributed by atoms with E-state index in [4.69, 9.17) is 16.3 Å². The molecule has 2 amide bonds. The number of benzene rings is 3. The molecule has 3 aromatic carbocycles. The van der Waals surface area contributed by atoms with Gasteiger partial charge in [-0.15, -0.1) is 0 Å². The maximum Gasteiger partial charge on any atom is 0.336 e. The molecule has 0 aliphatic heterocycles. The van der Waals surface area contributed by atoms with Crippen LogP contribution >= 0.6 is 11.6 Å². The van der Waals surface area contributed by atoms with E-state index in [1.165, 1.54) is 12.3 Å². The second-order valence-corrected chi connectivity index (χ2v) is 7.15.